The molecular formula is C6H14OS. The van der Waals surface area contributed by atoms with E-state index in [0.717, 1.165) is 5.75 Å². The number of thiol groups is 1. The Morgan fingerprint density at radius 2 is 2.25 bits per heavy atom. The van der Waals surface area contributed by atoms with Crippen LogP contribution in [0, 0.1) is 0 Å². The molecule has 0 aliphatic carbocycles. The predicted molar refractivity (Wildman–Crippen MR) is 39.0 cm³/mol. The van der Waals surface area contributed by atoms with Gasteiger partial charge in [0.25, 0.3) is 0 Å². The van der Waals surface area contributed by atoms with E-state index < -0.39 is 9.93 Å². The molecule has 1 fully saturated rings. The smallest absolute Gasteiger partial charge is 0.00962 e. The molecule has 1 rings (SSSR count). The summed E-state index contributed by atoms with van der Waals surface area (Å²) in [4.78, 5) is 0. The molecule has 1 aliphatic heterocycles. The third-order valence-corrected chi connectivity index (χ3v) is 5.48. The van der Waals surface area contributed by atoms with Gasteiger partial charge in [0.15, 0.2) is 0 Å². The van der Waals surface area contributed by atoms with Crippen LogP contribution in [-0.4, -0.2) is 21.5 Å². The molecule has 1 aliphatic rings. The highest BCUT2D eigenvalue weighted by Gasteiger charge is 2.23. The molecular weight excluding hydrogens is 120 g/mol. The minimum absolute atomic E-state index is 0.516. The molecule has 0 saturated carbocycles. The molecule has 0 aromatic heterocycles. The Labute approximate surface area is 51.9 Å². The lowest BCUT2D eigenvalue weighted by Gasteiger charge is -2.14. The first-order valence-corrected chi connectivity index (χ1v) is 5.60. The zero-order chi connectivity index (χ0) is 6.20. The number of hydrogen-bond donors (Lipinski definition) is 1. The molecule has 0 spiro atoms. The first kappa shape index (κ1) is 6.27. The monoisotopic (exact) mass is 134 g/mol. The summed E-state index contributed by atoms with van der Waals surface area (Å²) in [6.45, 7) is 2.10. The molecule has 1 unspecified atom stereocenters. The molecule has 2 heteroatoms. The van der Waals surface area contributed by atoms with Crippen molar-refractivity contribution in [1.82, 2.24) is 0 Å². The fourth-order valence-electron chi connectivity index (χ4n) is 1.19. The van der Waals surface area contributed by atoms with Crippen LogP contribution in [-0.2, 0) is 9.93 Å². The van der Waals surface area contributed by atoms with E-state index in [2.05, 4.69) is 6.92 Å². The molecule has 1 nitrogen and oxygen atoms in total. The van der Waals surface area contributed by atoms with Crippen LogP contribution >= 0.6 is 0 Å². The van der Waals surface area contributed by atoms with E-state index in [1.165, 1.54) is 12.8 Å². The Morgan fingerprint density at radius 3 is 2.38 bits per heavy atom. The predicted octanol–water partition coefficient (Wildman–Crippen LogP) is 0.815. The standard InChI is InChI=1S/C6H14OS/c1-6-4-3-5-8(6,2)7/h6,8H,3-5H2,1-2H3. The van der Waals surface area contributed by atoms with Crippen molar-refractivity contribution in [3.63, 3.8) is 0 Å². The van der Waals surface area contributed by atoms with Crippen LogP contribution in [0.15, 0.2) is 0 Å². The summed E-state index contributed by atoms with van der Waals surface area (Å²) < 4.78 is 11.3. The zero-order valence-electron chi connectivity index (χ0n) is 5.55. The largest absolute Gasteiger partial charge is 0.285 e. The Kier molecular flexibility index (Phi) is 1.44. The van der Waals surface area contributed by atoms with E-state index in [1.807, 2.05) is 6.26 Å². The minimum Gasteiger partial charge on any atom is -0.285 e. The van der Waals surface area contributed by atoms with Gasteiger partial charge >= 0.3 is 0 Å². The minimum atomic E-state index is -1.63. The topological polar surface area (TPSA) is 17.1 Å². The Bertz CT molecular complexity index is 130. The molecule has 0 aromatic carbocycles. The lowest BCUT2D eigenvalue weighted by Crippen LogP contribution is -2.18. The molecule has 0 bridgehead atoms. The van der Waals surface area contributed by atoms with Crippen LogP contribution in [0.5, 0.6) is 0 Å². The summed E-state index contributed by atoms with van der Waals surface area (Å²) >= 11 is 0. The van der Waals surface area contributed by atoms with Crippen molar-refractivity contribution in [3.8, 4) is 0 Å². The van der Waals surface area contributed by atoms with Crippen LogP contribution in [0.1, 0.15) is 19.8 Å². The third kappa shape index (κ3) is 0.943. The highest BCUT2D eigenvalue weighted by Crippen LogP contribution is 2.23. The maximum atomic E-state index is 11.3. The molecule has 0 radical (unpaired) electrons. The molecule has 0 amide bonds. The highest BCUT2D eigenvalue weighted by atomic mass is 32.2. The third-order valence-electron chi connectivity index (χ3n) is 2.16. The van der Waals surface area contributed by atoms with Gasteiger partial charge in [-0.25, -0.2) is 0 Å². The van der Waals surface area contributed by atoms with Gasteiger partial charge in [-0.1, -0.05) is 6.92 Å². The van der Waals surface area contributed by atoms with E-state index >= 15 is 0 Å². The second-order valence-corrected chi connectivity index (χ2v) is 6.57. The first-order chi connectivity index (χ1) is 3.63. The van der Waals surface area contributed by atoms with Crippen molar-refractivity contribution in [2.24, 2.45) is 0 Å². The lowest BCUT2D eigenvalue weighted by molar-refractivity contribution is 0.671. The average Bonchev–Trinajstić information content (AvgIpc) is 1.86. The van der Waals surface area contributed by atoms with E-state index in [4.69, 9.17) is 0 Å². The van der Waals surface area contributed by atoms with Gasteiger partial charge in [0, 0.05) is 11.0 Å². The van der Waals surface area contributed by atoms with Gasteiger partial charge in [-0.3, -0.25) is 4.21 Å². The molecule has 1 atom stereocenters. The quantitative estimate of drug-likeness (QED) is 0.485. The van der Waals surface area contributed by atoms with Crippen LogP contribution in [0.2, 0.25) is 0 Å². The lowest BCUT2D eigenvalue weighted by atomic mass is 10.3. The van der Waals surface area contributed by atoms with Gasteiger partial charge in [0.1, 0.15) is 0 Å². The van der Waals surface area contributed by atoms with Gasteiger partial charge in [0.2, 0.25) is 0 Å². The SMILES string of the molecule is CC1CCC[SH]1(C)=O. The van der Waals surface area contributed by atoms with Crippen LogP contribution in [0.3, 0.4) is 0 Å². The average molecular weight is 134 g/mol. The van der Waals surface area contributed by atoms with Crippen molar-refractivity contribution in [2.45, 2.75) is 25.0 Å². The maximum absolute atomic E-state index is 11.3. The van der Waals surface area contributed by atoms with E-state index in [1.54, 1.807) is 0 Å². The van der Waals surface area contributed by atoms with Gasteiger partial charge in [-0.15, -0.1) is 9.93 Å². The summed E-state index contributed by atoms with van der Waals surface area (Å²) in [7, 11) is -1.63. The fourth-order valence-corrected chi connectivity index (χ4v) is 3.17. The molecule has 1 saturated heterocycles. The van der Waals surface area contributed by atoms with E-state index in [9.17, 15) is 4.21 Å². The first-order valence-electron chi connectivity index (χ1n) is 3.19. The van der Waals surface area contributed by atoms with Crippen LogP contribution < -0.4 is 0 Å². The second-order valence-electron chi connectivity index (χ2n) is 2.89. The van der Waals surface area contributed by atoms with E-state index in [-0.39, 0.29) is 0 Å². The van der Waals surface area contributed by atoms with Gasteiger partial charge in [0.05, 0.1) is 0 Å². The molecule has 50 valence electrons. The molecule has 0 N–H and O–H groups in total. The Hall–Kier alpha value is 0.150. The van der Waals surface area contributed by atoms with Crippen LogP contribution in [0.25, 0.3) is 0 Å². The Morgan fingerprint density at radius 1 is 1.62 bits per heavy atom. The van der Waals surface area contributed by atoms with Gasteiger partial charge < -0.3 is 0 Å². The highest BCUT2D eigenvalue weighted by molar-refractivity contribution is 8.03. The molecule has 8 heavy (non-hydrogen) atoms. The second kappa shape index (κ2) is 1.83. The van der Waals surface area contributed by atoms with Crippen molar-refractivity contribution >= 4 is 9.93 Å². The number of hydrogen-bond acceptors (Lipinski definition) is 1. The van der Waals surface area contributed by atoms with Crippen molar-refractivity contribution in [1.29, 1.82) is 0 Å². The van der Waals surface area contributed by atoms with Crippen molar-refractivity contribution in [3.05, 3.63) is 0 Å². The summed E-state index contributed by atoms with van der Waals surface area (Å²) in [5, 5.41) is 0.516. The Balaban J connectivity index is 2.69. The normalized spacial score (nSPS) is 39.5. The molecule has 1 heterocycles. The van der Waals surface area contributed by atoms with Gasteiger partial charge in [-0.05, 0) is 19.1 Å². The van der Waals surface area contributed by atoms with Crippen molar-refractivity contribution < 1.29 is 4.21 Å². The van der Waals surface area contributed by atoms with Crippen LogP contribution in [0.4, 0.5) is 0 Å². The molecule has 0 aromatic rings. The summed E-state index contributed by atoms with van der Waals surface area (Å²) in [6, 6.07) is 0. The number of rotatable bonds is 0. The summed E-state index contributed by atoms with van der Waals surface area (Å²) in [5.41, 5.74) is 0. The van der Waals surface area contributed by atoms with Crippen molar-refractivity contribution in [2.75, 3.05) is 12.0 Å². The zero-order valence-corrected chi connectivity index (χ0v) is 6.45. The van der Waals surface area contributed by atoms with Gasteiger partial charge in [-0.2, -0.15) is 0 Å². The maximum Gasteiger partial charge on any atom is 0.00962 e. The summed E-state index contributed by atoms with van der Waals surface area (Å²) in [5.74, 6) is 0.994. The fraction of sp³-hybridized carbons (Fsp3) is 1.00. The summed E-state index contributed by atoms with van der Waals surface area (Å²) in [6.07, 6.45) is 4.31. The van der Waals surface area contributed by atoms with E-state index in [0.29, 0.717) is 5.25 Å².